The third-order valence-electron chi connectivity index (χ3n) is 3.39. The summed E-state index contributed by atoms with van der Waals surface area (Å²) in [6.45, 7) is 5.59. The first-order chi connectivity index (χ1) is 11.1. The lowest BCUT2D eigenvalue weighted by Crippen LogP contribution is -2.22. The minimum Gasteiger partial charge on any atom is -0.493 e. The van der Waals surface area contributed by atoms with E-state index in [9.17, 15) is 0 Å². The minimum absolute atomic E-state index is 0. The highest BCUT2D eigenvalue weighted by Gasteiger charge is 2.03. The molecule has 4 nitrogen and oxygen atoms in total. The summed E-state index contributed by atoms with van der Waals surface area (Å²) in [6, 6.07) is 17.7. The first-order valence-electron chi connectivity index (χ1n) is 7.98. The van der Waals surface area contributed by atoms with E-state index in [2.05, 4.69) is 24.2 Å². The third kappa shape index (κ3) is 7.21. The van der Waals surface area contributed by atoms with E-state index in [-0.39, 0.29) is 24.0 Å². The lowest BCUT2D eigenvalue weighted by molar-refractivity contribution is 0.287. The number of hydrogen-bond acceptors (Lipinski definition) is 2. The molecule has 0 unspecified atom stereocenters. The number of anilines is 1. The van der Waals surface area contributed by atoms with Crippen molar-refractivity contribution < 1.29 is 4.74 Å². The van der Waals surface area contributed by atoms with Gasteiger partial charge in [-0.3, -0.25) is 0 Å². The first-order valence-corrected chi connectivity index (χ1v) is 7.98. The molecule has 5 heteroatoms. The summed E-state index contributed by atoms with van der Waals surface area (Å²) in [6.07, 6.45) is 1.04. The molecular weight excluding hydrogens is 413 g/mol. The number of rotatable bonds is 7. The summed E-state index contributed by atoms with van der Waals surface area (Å²) >= 11 is 0. The number of nitrogens with zero attached hydrogens (tertiary/aromatic N) is 1. The van der Waals surface area contributed by atoms with E-state index in [0.29, 0.717) is 18.4 Å². The highest BCUT2D eigenvalue weighted by atomic mass is 127. The number of aliphatic imine (C=N–C) groups is 1. The summed E-state index contributed by atoms with van der Waals surface area (Å²) < 4.78 is 5.87. The van der Waals surface area contributed by atoms with Gasteiger partial charge in [-0.15, -0.1) is 24.0 Å². The van der Waals surface area contributed by atoms with Crippen LogP contribution in [0.5, 0.6) is 5.75 Å². The minimum atomic E-state index is 0. The average Bonchev–Trinajstić information content (AvgIpc) is 2.54. The first kappa shape index (κ1) is 20.3. The molecule has 130 valence electrons. The number of para-hydroxylation sites is 2. The third-order valence-corrected chi connectivity index (χ3v) is 3.39. The molecule has 0 aromatic heterocycles. The Bertz CT molecular complexity index is 630. The van der Waals surface area contributed by atoms with Crippen LogP contribution >= 0.6 is 24.0 Å². The zero-order chi connectivity index (χ0) is 16.5. The van der Waals surface area contributed by atoms with Crippen LogP contribution in [0.3, 0.4) is 0 Å². The van der Waals surface area contributed by atoms with Gasteiger partial charge in [-0.05, 0) is 30.5 Å². The van der Waals surface area contributed by atoms with Crippen LogP contribution in [0, 0.1) is 5.92 Å². The summed E-state index contributed by atoms with van der Waals surface area (Å²) in [4.78, 5) is 4.40. The van der Waals surface area contributed by atoms with E-state index in [1.165, 1.54) is 0 Å². The van der Waals surface area contributed by atoms with Crippen molar-refractivity contribution in [3.05, 3.63) is 60.2 Å². The standard InChI is InChI=1S/C19H25N3O.HI/c1-15(2)12-13-23-18-11-7-6-8-16(18)14-21-19(20)22-17-9-4-3-5-10-17;/h3-11,15H,12-14H2,1-2H3,(H3,20,21,22);1H. The molecule has 2 aromatic rings. The second-order valence-electron chi connectivity index (χ2n) is 5.83. The van der Waals surface area contributed by atoms with Crippen molar-refractivity contribution >= 4 is 35.6 Å². The molecular formula is C19H26IN3O. The molecule has 0 heterocycles. The molecule has 0 aliphatic carbocycles. The van der Waals surface area contributed by atoms with Crippen molar-refractivity contribution in [3.63, 3.8) is 0 Å². The number of benzene rings is 2. The van der Waals surface area contributed by atoms with Crippen molar-refractivity contribution in [1.29, 1.82) is 0 Å². The molecule has 0 atom stereocenters. The molecule has 0 aliphatic heterocycles. The average molecular weight is 439 g/mol. The highest BCUT2D eigenvalue weighted by molar-refractivity contribution is 14.0. The number of nitrogens with one attached hydrogen (secondary N) is 1. The maximum atomic E-state index is 5.94. The Morgan fingerprint density at radius 3 is 2.46 bits per heavy atom. The summed E-state index contributed by atoms with van der Waals surface area (Å²) in [5.41, 5.74) is 7.90. The second kappa shape index (κ2) is 10.9. The van der Waals surface area contributed by atoms with Gasteiger partial charge in [-0.25, -0.2) is 4.99 Å². The molecule has 0 bridgehead atoms. The smallest absolute Gasteiger partial charge is 0.193 e. The fourth-order valence-corrected chi connectivity index (χ4v) is 2.06. The van der Waals surface area contributed by atoms with Crippen LogP contribution in [0.4, 0.5) is 5.69 Å². The normalized spacial score (nSPS) is 11.0. The van der Waals surface area contributed by atoms with Gasteiger partial charge in [-0.1, -0.05) is 50.2 Å². The second-order valence-corrected chi connectivity index (χ2v) is 5.83. The van der Waals surface area contributed by atoms with Gasteiger partial charge < -0.3 is 15.8 Å². The Morgan fingerprint density at radius 2 is 1.75 bits per heavy atom. The molecule has 0 amide bonds. The van der Waals surface area contributed by atoms with Crippen molar-refractivity contribution in [2.24, 2.45) is 16.6 Å². The lowest BCUT2D eigenvalue weighted by atomic mass is 10.1. The van der Waals surface area contributed by atoms with Crippen LogP contribution < -0.4 is 15.8 Å². The van der Waals surface area contributed by atoms with Gasteiger partial charge in [0.1, 0.15) is 5.75 Å². The lowest BCUT2D eigenvalue weighted by Gasteiger charge is -2.12. The molecule has 0 radical (unpaired) electrons. The van der Waals surface area contributed by atoms with Crippen LogP contribution in [-0.2, 0) is 6.54 Å². The van der Waals surface area contributed by atoms with E-state index >= 15 is 0 Å². The van der Waals surface area contributed by atoms with E-state index in [4.69, 9.17) is 10.5 Å². The molecule has 3 N–H and O–H groups in total. The van der Waals surface area contributed by atoms with Gasteiger partial charge >= 0.3 is 0 Å². The van der Waals surface area contributed by atoms with Crippen molar-refractivity contribution in [1.82, 2.24) is 0 Å². The number of halogens is 1. The van der Waals surface area contributed by atoms with Gasteiger partial charge in [0.05, 0.1) is 13.2 Å². The molecule has 2 rings (SSSR count). The molecule has 2 aromatic carbocycles. The van der Waals surface area contributed by atoms with Gasteiger partial charge in [-0.2, -0.15) is 0 Å². The molecule has 0 saturated heterocycles. The maximum absolute atomic E-state index is 5.94. The van der Waals surface area contributed by atoms with Gasteiger partial charge in [0.25, 0.3) is 0 Å². The largest absolute Gasteiger partial charge is 0.493 e. The van der Waals surface area contributed by atoms with Gasteiger partial charge in [0.2, 0.25) is 0 Å². The molecule has 0 saturated carbocycles. The Hall–Kier alpha value is -1.76. The van der Waals surface area contributed by atoms with Crippen molar-refractivity contribution in [2.45, 2.75) is 26.8 Å². The summed E-state index contributed by atoms with van der Waals surface area (Å²) in [7, 11) is 0. The molecule has 0 aliphatic rings. The zero-order valence-electron chi connectivity index (χ0n) is 14.2. The van der Waals surface area contributed by atoms with Crippen LogP contribution in [0.25, 0.3) is 0 Å². The fraction of sp³-hybridized carbons (Fsp3) is 0.316. The van der Waals surface area contributed by atoms with Crippen LogP contribution in [-0.4, -0.2) is 12.6 Å². The molecule has 0 fully saturated rings. The number of guanidine groups is 1. The number of nitrogens with two attached hydrogens (primary N) is 1. The van der Waals surface area contributed by atoms with Crippen molar-refractivity contribution in [2.75, 3.05) is 11.9 Å². The zero-order valence-corrected chi connectivity index (χ0v) is 16.6. The Balaban J connectivity index is 0.00000288. The van der Waals surface area contributed by atoms with Crippen LogP contribution in [0.2, 0.25) is 0 Å². The molecule has 24 heavy (non-hydrogen) atoms. The Morgan fingerprint density at radius 1 is 1.08 bits per heavy atom. The van der Waals surface area contributed by atoms with Gasteiger partial charge in [0.15, 0.2) is 5.96 Å². The topological polar surface area (TPSA) is 59.6 Å². The predicted molar refractivity (Wildman–Crippen MR) is 112 cm³/mol. The van der Waals surface area contributed by atoms with E-state index < -0.39 is 0 Å². The quantitative estimate of drug-likeness (QED) is 0.375. The monoisotopic (exact) mass is 439 g/mol. The highest BCUT2D eigenvalue weighted by Crippen LogP contribution is 2.19. The molecule has 0 spiro atoms. The fourth-order valence-electron chi connectivity index (χ4n) is 2.06. The SMILES string of the molecule is CC(C)CCOc1ccccc1CN=C(N)Nc1ccccc1.I. The van der Waals surface area contributed by atoms with E-state index in [1.54, 1.807) is 0 Å². The van der Waals surface area contributed by atoms with Gasteiger partial charge in [0, 0.05) is 11.3 Å². The summed E-state index contributed by atoms with van der Waals surface area (Å²) in [5, 5.41) is 3.08. The summed E-state index contributed by atoms with van der Waals surface area (Å²) in [5.74, 6) is 1.91. The van der Waals surface area contributed by atoms with Crippen LogP contribution in [0.1, 0.15) is 25.8 Å². The predicted octanol–water partition coefficient (Wildman–Crippen LogP) is 4.66. The number of ether oxygens (including phenoxy) is 1. The maximum Gasteiger partial charge on any atom is 0.193 e. The van der Waals surface area contributed by atoms with E-state index in [1.807, 2.05) is 54.6 Å². The number of hydrogen-bond donors (Lipinski definition) is 2. The Labute approximate surface area is 161 Å². The van der Waals surface area contributed by atoms with E-state index in [0.717, 1.165) is 30.0 Å². The Kier molecular flexibility index (Phi) is 9.22. The van der Waals surface area contributed by atoms with Crippen molar-refractivity contribution in [3.8, 4) is 5.75 Å². The van der Waals surface area contributed by atoms with Crippen LogP contribution in [0.15, 0.2) is 59.6 Å².